The van der Waals surface area contributed by atoms with Gasteiger partial charge in [0.15, 0.2) is 4.90 Å². The van der Waals surface area contributed by atoms with E-state index in [-0.39, 0.29) is 0 Å². The van der Waals surface area contributed by atoms with Gasteiger partial charge in [-0.2, -0.15) is 12.8 Å². The molecule has 0 aliphatic rings. The minimum Gasteiger partial charge on any atom is -0.282 e. The highest BCUT2D eigenvalue weighted by molar-refractivity contribution is 7.86. The number of hydrogen-bond acceptors (Lipinski definition) is 6. The lowest BCUT2D eigenvalue weighted by Crippen LogP contribution is -2.07. The van der Waals surface area contributed by atoms with Crippen molar-refractivity contribution in [2.24, 2.45) is 0 Å². The van der Waals surface area contributed by atoms with Crippen LogP contribution in [0.4, 0.5) is 15.8 Å². The number of nitro benzene ring substituents is 2. The second-order valence-corrected chi connectivity index (χ2v) is 4.12. The van der Waals surface area contributed by atoms with E-state index >= 15 is 0 Å². The molecule has 0 atom stereocenters. The van der Waals surface area contributed by atoms with Crippen LogP contribution >= 0.6 is 0 Å². The zero-order valence-corrected chi connectivity index (χ0v) is 8.55. The SMILES string of the molecule is O=[N+]([O-])c1ccc(S(=O)(=O)O)c([N+](=O)[O-])c1F. The van der Waals surface area contributed by atoms with Crippen molar-refractivity contribution in [1.82, 2.24) is 0 Å². The Labute approximate surface area is 92.5 Å². The van der Waals surface area contributed by atoms with Gasteiger partial charge in [0.1, 0.15) is 0 Å². The van der Waals surface area contributed by atoms with Crippen LogP contribution in [-0.2, 0) is 10.1 Å². The van der Waals surface area contributed by atoms with Gasteiger partial charge in [0.2, 0.25) is 0 Å². The third kappa shape index (κ3) is 2.34. The maximum atomic E-state index is 13.3. The van der Waals surface area contributed by atoms with E-state index in [9.17, 15) is 33.0 Å². The highest BCUT2D eigenvalue weighted by Gasteiger charge is 2.34. The Balaban J connectivity index is 3.75. The Kier molecular flexibility index (Phi) is 3.06. The number of halogens is 1. The molecule has 17 heavy (non-hydrogen) atoms. The fourth-order valence-corrected chi connectivity index (χ4v) is 1.70. The Hall–Kier alpha value is -2.14. The topological polar surface area (TPSA) is 141 Å². The molecule has 1 aromatic carbocycles. The van der Waals surface area contributed by atoms with E-state index < -0.39 is 42.1 Å². The van der Waals surface area contributed by atoms with Gasteiger partial charge in [0.05, 0.1) is 9.85 Å². The van der Waals surface area contributed by atoms with Crippen LogP contribution < -0.4 is 0 Å². The molecule has 0 heterocycles. The predicted molar refractivity (Wildman–Crippen MR) is 49.5 cm³/mol. The van der Waals surface area contributed by atoms with Gasteiger partial charge >= 0.3 is 21.5 Å². The lowest BCUT2D eigenvalue weighted by molar-refractivity contribution is -0.401. The van der Waals surface area contributed by atoms with Gasteiger partial charge in [-0.3, -0.25) is 24.8 Å². The summed E-state index contributed by atoms with van der Waals surface area (Å²) in [6.45, 7) is 0. The van der Waals surface area contributed by atoms with Crippen molar-refractivity contribution in [3.8, 4) is 0 Å². The van der Waals surface area contributed by atoms with Gasteiger partial charge in [-0.25, -0.2) is 0 Å². The largest absolute Gasteiger partial charge is 0.332 e. The first-order valence-corrected chi connectivity index (χ1v) is 5.19. The average Bonchev–Trinajstić information content (AvgIpc) is 2.14. The van der Waals surface area contributed by atoms with Crippen molar-refractivity contribution in [3.63, 3.8) is 0 Å². The van der Waals surface area contributed by atoms with Crippen molar-refractivity contribution >= 4 is 21.5 Å². The molecule has 0 aliphatic heterocycles. The molecule has 1 rings (SSSR count). The summed E-state index contributed by atoms with van der Waals surface area (Å²) >= 11 is 0. The normalized spacial score (nSPS) is 11.2. The maximum absolute atomic E-state index is 13.3. The van der Waals surface area contributed by atoms with Crippen molar-refractivity contribution in [1.29, 1.82) is 0 Å². The average molecular weight is 266 g/mol. The molecule has 0 spiro atoms. The molecule has 0 unspecified atom stereocenters. The second-order valence-electron chi connectivity index (χ2n) is 2.73. The molecule has 0 aromatic heterocycles. The number of nitrogens with zero attached hydrogens (tertiary/aromatic N) is 2. The Morgan fingerprint density at radius 1 is 1.18 bits per heavy atom. The summed E-state index contributed by atoms with van der Waals surface area (Å²) in [5.74, 6) is -1.94. The van der Waals surface area contributed by atoms with Gasteiger partial charge < -0.3 is 0 Å². The molecule has 1 N–H and O–H groups in total. The van der Waals surface area contributed by atoms with E-state index in [1.54, 1.807) is 0 Å². The number of benzene rings is 1. The summed E-state index contributed by atoms with van der Waals surface area (Å²) in [7, 11) is -5.05. The number of hydrogen-bond donors (Lipinski definition) is 1. The van der Waals surface area contributed by atoms with Crippen LogP contribution in [0, 0.1) is 26.0 Å². The molecule has 0 fully saturated rings. The first-order valence-electron chi connectivity index (χ1n) is 3.75. The minimum absolute atomic E-state index is 0.384. The van der Waals surface area contributed by atoms with Gasteiger partial charge in [-0.05, 0) is 6.07 Å². The summed E-state index contributed by atoms with van der Waals surface area (Å²) in [5.41, 5.74) is -2.93. The van der Waals surface area contributed by atoms with Crippen molar-refractivity contribution < 1.29 is 27.2 Å². The number of nitro groups is 2. The van der Waals surface area contributed by atoms with Crippen LogP contribution in [0.5, 0.6) is 0 Å². The third-order valence-corrected chi connectivity index (χ3v) is 2.60. The van der Waals surface area contributed by atoms with Gasteiger partial charge in [0, 0.05) is 6.07 Å². The molecule has 11 heteroatoms. The molecule has 0 bridgehead atoms. The van der Waals surface area contributed by atoms with E-state index in [1.807, 2.05) is 0 Å². The van der Waals surface area contributed by atoms with E-state index in [0.717, 1.165) is 0 Å². The van der Waals surface area contributed by atoms with E-state index in [4.69, 9.17) is 4.55 Å². The number of rotatable bonds is 3. The quantitative estimate of drug-likeness (QED) is 0.486. The van der Waals surface area contributed by atoms with E-state index in [0.29, 0.717) is 12.1 Å². The van der Waals surface area contributed by atoms with Crippen molar-refractivity contribution in [2.75, 3.05) is 0 Å². The van der Waals surface area contributed by atoms with Crippen molar-refractivity contribution in [3.05, 3.63) is 38.2 Å². The van der Waals surface area contributed by atoms with E-state index in [2.05, 4.69) is 0 Å². The zero-order chi connectivity index (χ0) is 13.4. The lowest BCUT2D eigenvalue weighted by Gasteiger charge is -2.00. The molecule has 0 amide bonds. The molecule has 1 aromatic rings. The molecule has 9 nitrogen and oxygen atoms in total. The molecule has 0 radical (unpaired) electrons. The van der Waals surface area contributed by atoms with Crippen LogP contribution in [-0.4, -0.2) is 22.8 Å². The van der Waals surface area contributed by atoms with Crippen molar-refractivity contribution in [2.45, 2.75) is 4.90 Å². The van der Waals surface area contributed by atoms with Gasteiger partial charge in [-0.1, -0.05) is 0 Å². The lowest BCUT2D eigenvalue weighted by atomic mass is 10.2. The summed E-state index contributed by atoms with van der Waals surface area (Å²) in [6, 6.07) is 0.792. The summed E-state index contributed by atoms with van der Waals surface area (Å²) in [6.07, 6.45) is 0. The third-order valence-electron chi connectivity index (χ3n) is 1.72. The van der Waals surface area contributed by atoms with Crippen LogP contribution in [0.3, 0.4) is 0 Å². The highest BCUT2D eigenvalue weighted by atomic mass is 32.2. The van der Waals surface area contributed by atoms with Gasteiger partial charge in [-0.15, -0.1) is 0 Å². The fourth-order valence-electron chi connectivity index (χ4n) is 1.06. The smallest absolute Gasteiger partial charge is 0.282 e. The molecule has 92 valence electrons. The monoisotopic (exact) mass is 266 g/mol. The molecule has 0 saturated carbocycles. The first-order chi connectivity index (χ1) is 7.66. The Bertz CT molecular complexity index is 611. The zero-order valence-electron chi connectivity index (χ0n) is 7.73. The first kappa shape index (κ1) is 12.9. The predicted octanol–water partition coefficient (Wildman–Crippen LogP) is 0.889. The Morgan fingerprint density at radius 2 is 1.71 bits per heavy atom. The van der Waals surface area contributed by atoms with Crippen LogP contribution in [0.25, 0.3) is 0 Å². The molecule has 0 saturated heterocycles. The van der Waals surface area contributed by atoms with Crippen LogP contribution in [0.15, 0.2) is 17.0 Å². The highest BCUT2D eigenvalue weighted by Crippen LogP contribution is 2.32. The standard InChI is InChI=1S/C6H3FN2O7S/c7-5-3(8(10)11)1-2-4(17(14,15)16)6(5)9(12)13/h1-2H,(H,14,15,16). The summed E-state index contributed by atoms with van der Waals surface area (Å²) in [5, 5.41) is 20.7. The second kappa shape index (κ2) is 4.03. The van der Waals surface area contributed by atoms with Crippen LogP contribution in [0.1, 0.15) is 0 Å². The van der Waals surface area contributed by atoms with E-state index in [1.165, 1.54) is 0 Å². The van der Waals surface area contributed by atoms with Gasteiger partial charge in [0.25, 0.3) is 5.82 Å². The van der Waals surface area contributed by atoms with Crippen LogP contribution in [0.2, 0.25) is 0 Å². The summed E-state index contributed by atoms with van der Waals surface area (Å²) in [4.78, 5) is 16.7. The molecule has 0 aliphatic carbocycles. The maximum Gasteiger partial charge on any atom is 0.332 e. The fraction of sp³-hybridized carbons (Fsp3) is 0. The minimum atomic E-state index is -5.05. The molecular formula is C6H3FN2O7S. The Morgan fingerprint density at radius 3 is 2.06 bits per heavy atom. The summed E-state index contributed by atoms with van der Waals surface area (Å²) < 4.78 is 43.3. The molecular weight excluding hydrogens is 263 g/mol.